The van der Waals surface area contributed by atoms with Crippen molar-refractivity contribution < 1.29 is 4.79 Å². The van der Waals surface area contributed by atoms with Gasteiger partial charge in [0.25, 0.3) is 0 Å². The summed E-state index contributed by atoms with van der Waals surface area (Å²) in [5, 5.41) is 6.29. The topological polar surface area (TPSA) is 77.9 Å². The van der Waals surface area contributed by atoms with Gasteiger partial charge in [0.1, 0.15) is 0 Å². The van der Waals surface area contributed by atoms with Crippen molar-refractivity contribution in [2.24, 2.45) is 16.4 Å². The fourth-order valence-electron chi connectivity index (χ4n) is 0.974. The monoisotopic (exact) mass is 226 g/mol. The van der Waals surface area contributed by atoms with Gasteiger partial charge in [-0.1, -0.05) is 32.8 Å². The summed E-state index contributed by atoms with van der Waals surface area (Å²) in [6.07, 6.45) is 1.03. The molecule has 0 rings (SSSR count). The van der Waals surface area contributed by atoms with Crippen molar-refractivity contribution in [3.05, 3.63) is 10.4 Å². The average Bonchev–Trinajstić information content (AvgIpc) is 2.21. The molecule has 0 unspecified atom stereocenters. The van der Waals surface area contributed by atoms with Gasteiger partial charge < -0.3 is 5.32 Å². The van der Waals surface area contributed by atoms with Crippen LogP contribution in [-0.4, -0.2) is 19.0 Å². The smallest absolute Gasteiger partial charge is 0.220 e. The Kier molecular flexibility index (Phi) is 6.58. The quantitative estimate of drug-likeness (QED) is 0.308. The van der Waals surface area contributed by atoms with E-state index in [1.165, 1.54) is 0 Å². The Labute approximate surface area is 97.2 Å². The molecule has 16 heavy (non-hydrogen) atoms. The Hall–Kier alpha value is -1.22. The number of nitrogens with one attached hydrogen (secondary N) is 1. The number of carbonyl (C=O) groups is 1. The first-order valence-electron chi connectivity index (χ1n) is 5.67. The first-order valence-corrected chi connectivity index (χ1v) is 5.67. The highest BCUT2D eigenvalue weighted by atomic mass is 16.1. The molecule has 0 atom stereocenters. The molecule has 0 aliphatic carbocycles. The van der Waals surface area contributed by atoms with Gasteiger partial charge in [-0.3, -0.25) is 4.79 Å². The number of rotatable bonds is 7. The maximum absolute atomic E-state index is 11.4. The van der Waals surface area contributed by atoms with E-state index in [1.807, 2.05) is 0 Å². The fourth-order valence-corrected chi connectivity index (χ4v) is 0.974. The Balaban J connectivity index is 3.77. The first kappa shape index (κ1) is 14.8. The molecule has 0 radical (unpaired) electrons. The van der Waals surface area contributed by atoms with Crippen LogP contribution in [0, 0.1) is 11.3 Å². The highest BCUT2D eigenvalue weighted by Gasteiger charge is 2.22. The molecule has 5 heteroatoms. The molecule has 0 aromatic carbocycles. The Morgan fingerprint density at radius 3 is 2.62 bits per heavy atom. The summed E-state index contributed by atoms with van der Waals surface area (Å²) in [4.78, 5) is 14.1. The van der Waals surface area contributed by atoms with Crippen LogP contribution in [0.4, 0.5) is 0 Å². The van der Waals surface area contributed by atoms with Crippen molar-refractivity contribution in [2.75, 3.05) is 13.1 Å². The van der Waals surface area contributed by atoms with Crippen molar-refractivity contribution >= 4 is 5.91 Å². The van der Waals surface area contributed by atoms with E-state index in [9.17, 15) is 4.79 Å². The lowest BCUT2D eigenvalue weighted by molar-refractivity contribution is -0.121. The van der Waals surface area contributed by atoms with Gasteiger partial charge in [-0.15, -0.1) is 0 Å². The second-order valence-corrected chi connectivity index (χ2v) is 4.98. The van der Waals surface area contributed by atoms with E-state index in [-0.39, 0.29) is 11.3 Å². The van der Waals surface area contributed by atoms with Crippen molar-refractivity contribution in [3.63, 3.8) is 0 Å². The van der Waals surface area contributed by atoms with Gasteiger partial charge in [0.2, 0.25) is 5.91 Å². The predicted molar refractivity (Wildman–Crippen MR) is 64.9 cm³/mol. The minimum absolute atomic E-state index is 0.0295. The van der Waals surface area contributed by atoms with Gasteiger partial charge in [-0.25, -0.2) is 0 Å². The zero-order chi connectivity index (χ0) is 12.6. The van der Waals surface area contributed by atoms with Crippen LogP contribution in [0.5, 0.6) is 0 Å². The number of nitrogens with zero attached hydrogens (tertiary/aromatic N) is 3. The maximum atomic E-state index is 11.4. The third kappa shape index (κ3) is 6.30. The highest BCUT2D eigenvalue weighted by Crippen LogP contribution is 2.24. The second kappa shape index (κ2) is 7.12. The fraction of sp³-hybridized carbons (Fsp3) is 0.909. The number of hydrogen-bond acceptors (Lipinski definition) is 2. The van der Waals surface area contributed by atoms with Crippen LogP contribution in [0.1, 0.15) is 40.5 Å². The number of amides is 1. The van der Waals surface area contributed by atoms with Gasteiger partial charge in [0.15, 0.2) is 0 Å². The van der Waals surface area contributed by atoms with E-state index in [0.717, 1.165) is 0 Å². The van der Waals surface area contributed by atoms with Gasteiger partial charge in [-0.2, -0.15) is 0 Å². The molecule has 1 amide bonds. The highest BCUT2D eigenvalue weighted by molar-refractivity contribution is 5.75. The lowest BCUT2D eigenvalue weighted by Gasteiger charge is -2.29. The minimum Gasteiger partial charge on any atom is -0.356 e. The predicted octanol–water partition coefficient (Wildman–Crippen LogP) is 2.88. The van der Waals surface area contributed by atoms with Crippen molar-refractivity contribution in [3.8, 4) is 0 Å². The van der Waals surface area contributed by atoms with Crippen LogP contribution < -0.4 is 5.32 Å². The molecule has 5 nitrogen and oxygen atoms in total. The van der Waals surface area contributed by atoms with Gasteiger partial charge >= 0.3 is 0 Å². The Morgan fingerprint density at radius 1 is 1.50 bits per heavy atom. The van der Waals surface area contributed by atoms with Crippen LogP contribution >= 0.6 is 0 Å². The molecular formula is C11H22N4O. The number of azide groups is 1. The van der Waals surface area contributed by atoms with E-state index in [0.29, 0.717) is 31.8 Å². The molecular weight excluding hydrogens is 204 g/mol. The lowest BCUT2D eigenvalue weighted by atomic mass is 9.81. The molecule has 0 aliphatic rings. The van der Waals surface area contributed by atoms with Crippen molar-refractivity contribution in [1.82, 2.24) is 5.32 Å². The van der Waals surface area contributed by atoms with Crippen LogP contribution in [0.2, 0.25) is 0 Å². The summed E-state index contributed by atoms with van der Waals surface area (Å²) in [6, 6.07) is 0. The van der Waals surface area contributed by atoms with Gasteiger partial charge in [-0.05, 0) is 23.3 Å². The Morgan fingerprint density at radius 2 is 2.12 bits per heavy atom. The van der Waals surface area contributed by atoms with Crippen molar-refractivity contribution in [1.29, 1.82) is 0 Å². The molecule has 0 bridgehead atoms. The summed E-state index contributed by atoms with van der Waals surface area (Å²) in [7, 11) is 0. The first-order chi connectivity index (χ1) is 7.40. The van der Waals surface area contributed by atoms with Crippen LogP contribution in [0.3, 0.4) is 0 Å². The summed E-state index contributed by atoms with van der Waals surface area (Å²) in [5.74, 6) is 0.554. The van der Waals surface area contributed by atoms with E-state index in [2.05, 4.69) is 43.0 Å². The maximum Gasteiger partial charge on any atom is 0.220 e. The molecule has 0 aromatic heterocycles. The molecule has 92 valence electrons. The number of carbonyl (C=O) groups excluding carboxylic acids is 1. The molecule has 0 aromatic rings. The lowest BCUT2D eigenvalue weighted by Crippen LogP contribution is -2.36. The van der Waals surface area contributed by atoms with Crippen LogP contribution in [0.15, 0.2) is 5.11 Å². The average molecular weight is 226 g/mol. The SMILES string of the molecule is CC(C)C(C)(C)CNC(=O)CCCN=[N+]=[N-]. The normalized spacial score (nSPS) is 11.1. The molecule has 0 saturated heterocycles. The van der Waals surface area contributed by atoms with E-state index >= 15 is 0 Å². The summed E-state index contributed by atoms with van der Waals surface area (Å²) in [5.41, 5.74) is 8.17. The molecule has 0 aliphatic heterocycles. The van der Waals surface area contributed by atoms with Gasteiger partial charge in [0, 0.05) is 24.4 Å². The minimum atomic E-state index is 0.0295. The molecule has 0 heterocycles. The molecule has 0 fully saturated rings. The van der Waals surface area contributed by atoms with Crippen molar-refractivity contribution in [2.45, 2.75) is 40.5 Å². The molecule has 0 spiro atoms. The third-order valence-electron chi connectivity index (χ3n) is 3.03. The van der Waals surface area contributed by atoms with E-state index < -0.39 is 0 Å². The largest absolute Gasteiger partial charge is 0.356 e. The van der Waals surface area contributed by atoms with Crippen LogP contribution in [-0.2, 0) is 4.79 Å². The zero-order valence-electron chi connectivity index (χ0n) is 10.7. The second-order valence-electron chi connectivity index (χ2n) is 4.98. The summed E-state index contributed by atoms with van der Waals surface area (Å²) in [6.45, 7) is 9.64. The Bertz CT molecular complexity index is 267. The molecule has 1 N–H and O–H groups in total. The summed E-state index contributed by atoms with van der Waals surface area (Å²) < 4.78 is 0. The number of hydrogen-bond donors (Lipinski definition) is 1. The van der Waals surface area contributed by atoms with E-state index in [1.54, 1.807) is 0 Å². The third-order valence-corrected chi connectivity index (χ3v) is 3.03. The molecule has 0 saturated carbocycles. The summed E-state index contributed by atoms with van der Waals surface area (Å²) >= 11 is 0. The van der Waals surface area contributed by atoms with Crippen LogP contribution in [0.25, 0.3) is 10.4 Å². The standard InChI is InChI=1S/C11H22N4O/c1-9(2)11(3,4)8-13-10(16)6-5-7-14-15-12/h9H,5-8H2,1-4H3,(H,13,16). The van der Waals surface area contributed by atoms with E-state index in [4.69, 9.17) is 5.53 Å². The zero-order valence-corrected chi connectivity index (χ0v) is 10.7. The van der Waals surface area contributed by atoms with Gasteiger partial charge in [0.05, 0.1) is 0 Å².